The van der Waals surface area contributed by atoms with E-state index in [2.05, 4.69) is 139 Å². The molecule has 0 saturated carbocycles. The van der Waals surface area contributed by atoms with Crippen LogP contribution in [0.5, 0.6) is 0 Å². The zero-order valence-corrected chi connectivity index (χ0v) is 25.3. The monoisotopic (exact) mass is 595 g/mol. The lowest BCUT2D eigenvalue weighted by Gasteiger charge is -2.17. The highest BCUT2D eigenvalue weighted by Crippen LogP contribution is 2.45. The van der Waals surface area contributed by atoms with Crippen LogP contribution < -0.4 is 0 Å². The van der Waals surface area contributed by atoms with Gasteiger partial charge in [-0.25, -0.2) is 9.97 Å². The predicted octanol–water partition coefficient (Wildman–Crippen LogP) is 11.6. The van der Waals surface area contributed by atoms with Crippen LogP contribution >= 0.6 is 0 Å². The third-order valence-corrected chi connectivity index (χ3v) is 10.2. The molecule has 11 aromatic rings. The van der Waals surface area contributed by atoms with E-state index in [-0.39, 0.29) is 0 Å². The molecule has 0 N–H and O–H groups in total. The highest BCUT2D eigenvalue weighted by atomic mass is 15.1. The lowest BCUT2D eigenvalue weighted by Crippen LogP contribution is -1.90. The maximum atomic E-state index is 4.87. The van der Waals surface area contributed by atoms with Crippen molar-refractivity contribution in [3.05, 3.63) is 152 Å². The molecule has 47 heavy (non-hydrogen) atoms. The summed E-state index contributed by atoms with van der Waals surface area (Å²) in [7, 11) is 0. The van der Waals surface area contributed by atoms with Crippen molar-refractivity contribution >= 4 is 81.2 Å². The van der Waals surface area contributed by atoms with Gasteiger partial charge >= 0.3 is 0 Å². The van der Waals surface area contributed by atoms with Crippen LogP contribution in [0.1, 0.15) is 0 Å². The molecule has 0 amide bonds. The van der Waals surface area contributed by atoms with E-state index in [0.717, 1.165) is 11.3 Å². The Morgan fingerprint density at radius 2 is 0.979 bits per heavy atom. The summed E-state index contributed by atoms with van der Waals surface area (Å²) in [5.41, 5.74) is 4.45. The molecule has 0 aliphatic rings. The second-order valence-corrected chi connectivity index (χ2v) is 12.6. The highest BCUT2D eigenvalue weighted by Gasteiger charge is 2.18. The van der Waals surface area contributed by atoms with Crippen LogP contribution in [0.25, 0.3) is 104 Å². The Bertz CT molecular complexity index is 3040. The second-order valence-electron chi connectivity index (χ2n) is 12.6. The van der Waals surface area contributed by atoms with Crippen molar-refractivity contribution in [1.82, 2.24) is 14.4 Å². The maximum Gasteiger partial charge on any atom is 0.234 e. The summed E-state index contributed by atoms with van der Waals surface area (Å²) in [6.07, 6.45) is 5.85. The van der Waals surface area contributed by atoms with E-state index >= 15 is 0 Å². The number of fused-ring (bicyclic) bond motifs is 4. The predicted molar refractivity (Wildman–Crippen MR) is 198 cm³/mol. The fourth-order valence-electron chi connectivity index (χ4n) is 8.17. The zero-order valence-electron chi connectivity index (χ0n) is 25.3. The first-order valence-corrected chi connectivity index (χ1v) is 16.1. The van der Waals surface area contributed by atoms with Crippen molar-refractivity contribution in [3.8, 4) is 22.4 Å². The summed E-state index contributed by atoms with van der Waals surface area (Å²) in [6, 6.07) is 49.4. The Balaban J connectivity index is 1.30. The van der Waals surface area contributed by atoms with E-state index in [9.17, 15) is 0 Å². The number of benzene rings is 8. The van der Waals surface area contributed by atoms with Crippen molar-refractivity contribution in [3.63, 3.8) is 0 Å². The fourth-order valence-corrected chi connectivity index (χ4v) is 8.17. The van der Waals surface area contributed by atoms with E-state index in [1.165, 1.54) is 86.5 Å². The third-order valence-electron chi connectivity index (χ3n) is 10.2. The van der Waals surface area contributed by atoms with Crippen LogP contribution in [0.15, 0.2) is 152 Å². The van der Waals surface area contributed by atoms with Gasteiger partial charge in [0, 0.05) is 24.2 Å². The molecular weight excluding hydrogens is 571 g/mol. The molecule has 216 valence electrons. The van der Waals surface area contributed by atoms with Gasteiger partial charge in [0.1, 0.15) is 0 Å². The van der Waals surface area contributed by atoms with Crippen LogP contribution in [0.4, 0.5) is 0 Å². The molecule has 3 nitrogen and oxygen atoms in total. The van der Waals surface area contributed by atoms with E-state index in [0.29, 0.717) is 5.78 Å². The van der Waals surface area contributed by atoms with Gasteiger partial charge < -0.3 is 0 Å². The minimum atomic E-state index is 0.702. The molecule has 0 spiro atoms. The average Bonchev–Trinajstić information content (AvgIpc) is 3.56. The molecule has 2 aromatic heterocycles. The largest absolute Gasteiger partial charge is 0.291 e. The molecule has 0 bridgehead atoms. The van der Waals surface area contributed by atoms with E-state index in [1.54, 1.807) is 6.20 Å². The summed E-state index contributed by atoms with van der Waals surface area (Å²) < 4.78 is 1.98. The molecule has 0 unspecified atom stereocenters. The van der Waals surface area contributed by atoms with Gasteiger partial charge in [0.2, 0.25) is 5.78 Å². The van der Waals surface area contributed by atoms with Crippen molar-refractivity contribution in [2.45, 2.75) is 0 Å². The highest BCUT2D eigenvalue weighted by molar-refractivity contribution is 6.37. The maximum absolute atomic E-state index is 4.87. The molecular formula is C44H25N3. The van der Waals surface area contributed by atoms with Crippen LogP contribution in [0.2, 0.25) is 0 Å². The molecule has 11 rings (SSSR count). The SMILES string of the molecule is c1ccc2c(-c3cn4cccnc4n3)ccc(-c3cc4ccc5cccc6c7cccc8ccc9cccc(c(c3)c4c56)c9c87)c2c1. The Hall–Kier alpha value is -6.32. The summed E-state index contributed by atoms with van der Waals surface area (Å²) in [5.74, 6) is 0.702. The van der Waals surface area contributed by atoms with E-state index in [4.69, 9.17) is 4.98 Å². The number of hydrogen-bond donors (Lipinski definition) is 0. The second kappa shape index (κ2) is 9.12. The first-order valence-electron chi connectivity index (χ1n) is 16.1. The quantitative estimate of drug-likeness (QED) is 0.186. The number of aromatic nitrogens is 3. The number of imidazole rings is 1. The van der Waals surface area contributed by atoms with Gasteiger partial charge in [-0.3, -0.25) is 4.40 Å². The van der Waals surface area contributed by atoms with Crippen molar-refractivity contribution in [2.75, 3.05) is 0 Å². The van der Waals surface area contributed by atoms with Crippen LogP contribution in [-0.4, -0.2) is 14.4 Å². The number of nitrogens with zero attached hydrogens (tertiary/aromatic N) is 3. The molecule has 3 heteroatoms. The standard InChI is InChI=1S/C44H25N3/c1-2-11-33-32(10-1)31(19-20-34(33)39-25-47-22-6-21-45-44(47)46-39)30-23-29-18-17-28-8-4-13-36-35-12-3-7-26-15-16-27-9-5-14-37(42(27)40(26)35)38(24-30)43(29)41(28)36/h1-25H. The first-order chi connectivity index (χ1) is 23.3. The molecule has 0 fully saturated rings. The van der Waals surface area contributed by atoms with Gasteiger partial charge in [0.15, 0.2) is 0 Å². The summed E-state index contributed by atoms with van der Waals surface area (Å²) in [6.45, 7) is 0. The Morgan fingerprint density at radius 3 is 1.64 bits per heavy atom. The lowest BCUT2D eigenvalue weighted by atomic mass is 9.86. The van der Waals surface area contributed by atoms with E-state index < -0.39 is 0 Å². The van der Waals surface area contributed by atoms with Crippen LogP contribution in [0.3, 0.4) is 0 Å². The summed E-state index contributed by atoms with van der Waals surface area (Å²) in [5, 5.41) is 17.9. The smallest absolute Gasteiger partial charge is 0.234 e. The summed E-state index contributed by atoms with van der Waals surface area (Å²) in [4.78, 5) is 9.33. The van der Waals surface area contributed by atoms with Crippen molar-refractivity contribution in [1.29, 1.82) is 0 Å². The fraction of sp³-hybridized carbons (Fsp3) is 0. The van der Waals surface area contributed by atoms with Gasteiger partial charge in [-0.15, -0.1) is 0 Å². The van der Waals surface area contributed by atoms with Gasteiger partial charge in [0.25, 0.3) is 0 Å². The number of rotatable bonds is 2. The Labute approximate surface area is 269 Å². The molecule has 0 saturated heterocycles. The number of hydrogen-bond acceptors (Lipinski definition) is 2. The topological polar surface area (TPSA) is 30.2 Å². The molecule has 0 radical (unpaired) electrons. The van der Waals surface area contributed by atoms with Crippen molar-refractivity contribution < 1.29 is 0 Å². The first kappa shape index (κ1) is 24.9. The average molecular weight is 596 g/mol. The third kappa shape index (κ3) is 3.40. The minimum Gasteiger partial charge on any atom is -0.291 e. The molecule has 0 aliphatic heterocycles. The summed E-state index contributed by atoms with van der Waals surface area (Å²) >= 11 is 0. The normalized spacial score (nSPS) is 12.3. The Morgan fingerprint density at radius 1 is 0.426 bits per heavy atom. The molecule has 0 atom stereocenters. The van der Waals surface area contributed by atoms with Gasteiger partial charge in [-0.2, -0.15) is 0 Å². The molecule has 9 aromatic carbocycles. The van der Waals surface area contributed by atoms with E-state index in [1.807, 2.05) is 16.7 Å². The van der Waals surface area contributed by atoms with Crippen molar-refractivity contribution in [2.24, 2.45) is 0 Å². The molecule has 2 heterocycles. The van der Waals surface area contributed by atoms with Gasteiger partial charge in [0.05, 0.1) is 5.69 Å². The Kier molecular flexibility index (Phi) is 4.84. The zero-order chi connectivity index (χ0) is 30.6. The lowest BCUT2D eigenvalue weighted by molar-refractivity contribution is 1.11. The van der Waals surface area contributed by atoms with Gasteiger partial charge in [-0.1, -0.05) is 115 Å². The van der Waals surface area contributed by atoms with Crippen LogP contribution in [-0.2, 0) is 0 Å². The molecule has 0 aliphatic carbocycles. The van der Waals surface area contributed by atoms with Crippen LogP contribution in [0, 0.1) is 0 Å². The van der Waals surface area contributed by atoms with Gasteiger partial charge in [-0.05, 0) is 105 Å². The minimum absolute atomic E-state index is 0.702.